The van der Waals surface area contributed by atoms with E-state index in [1.807, 2.05) is 0 Å². The second-order valence-corrected chi connectivity index (χ2v) is 10.3. The maximum absolute atomic E-state index is 12.7. The molecule has 37 heavy (non-hydrogen) atoms. The maximum atomic E-state index is 12.7. The Kier molecular flexibility index (Phi) is 13.4. The van der Waals surface area contributed by atoms with Crippen molar-refractivity contribution in [2.45, 2.75) is 72.9 Å². The molecule has 0 aromatic rings. The topological polar surface area (TPSA) is 197 Å². The number of aliphatic carboxylic acids is 2. The monoisotopic (exact) mass is 531 g/mol. The van der Waals surface area contributed by atoms with E-state index in [9.17, 15) is 39.0 Å². The van der Waals surface area contributed by atoms with Crippen molar-refractivity contribution in [3.05, 3.63) is 0 Å². The number of amides is 3. The number of carbonyl (C=O) groups excluding carboxylic acids is 4. The molecule has 0 saturated carbocycles. The highest BCUT2D eigenvalue weighted by Gasteiger charge is 2.49. The molecule has 0 fully saturated rings. The van der Waals surface area contributed by atoms with Gasteiger partial charge in [0.25, 0.3) is 0 Å². The molecule has 13 heteroatoms. The van der Waals surface area contributed by atoms with Crippen molar-refractivity contribution >= 4 is 35.4 Å². The lowest BCUT2D eigenvalue weighted by Gasteiger charge is -2.37. The van der Waals surface area contributed by atoms with Crippen molar-refractivity contribution in [1.29, 1.82) is 0 Å². The fraction of sp³-hybridized carbons (Fsp3) is 0.750. The first-order valence-corrected chi connectivity index (χ1v) is 11.9. The summed E-state index contributed by atoms with van der Waals surface area (Å²) in [6.07, 6.45) is -0.576. The lowest BCUT2D eigenvalue weighted by Crippen LogP contribution is -2.56. The number of rotatable bonds is 18. The number of carboxylic acid groups (broad SMARTS) is 2. The minimum absolute atomic E-state index is 0.00838. The molecule has 0 bridgehead atoms. The summed E-state index contributed by atoms with van der Waals surface area (Å²) in [7, 11) is 0. The van der Waals surface area contributed by atoms with Crippen LogP contribution in [0.5, 0.6) is 0 Å². The van der Waals surface area contributed by atoms with Crippen molar-refractivity contribution in [3.63, 3.8) is 0 Å². The van der Waals surface area contributed by atoms with Crippen LogP contribution in [-0.2, 0) is 38.2 Å². The first-order chi connectivity index (χ1) is 16.9. The number of nitrogens with one attached hydrogen (secondary N) is 3. The number of ether oxygens (including phenoxy) is 2. The lowest BCUT2D eigenvalue weighted by molar-refractivity contribution is -0.160. The first-order valence-electron chi connectivity index (χ1n) is 11.9. The number of hydrogen-bond acceptors (Lipinski definition) is 8. The van der Waals surface area contributed by atoms with Crippen LogP contribution in [-0.4, -0.2) is 90.2 Å². The average molecular weight is 532 g/mol. The van der Waals surface area contributed by atoms with Gasteiger partial charge in [0.1, 0.15) is 18.2 Å². The Hall–Kier alpha value is -3.06. The van der Waals surface area contributed by atoms with Crippen LogP contribution in [0.15, 0.2) is 0 Å². The molecule has 0 heterocycles. The van der Waals surface area contributed by atoms with Gasteiger partial charge in [0.2, 0.25) is 17.7 Å². The van der Waals surface area contributed by atoms with Gasteiger partial charge in [-0.2, -0.15) is 0 Å². The van der Waals surface area contributed by atoms with Crippen LogP contribution in [0.4, 0.5) is 0 Å². The summed E-state index contributed by atoms with van der Waals surface area (Å²) in [6.45, 7) is 10.7. The normalized spacial score (nSPS) is 12.8. The Balaban J connectivity index is 4.70. The van der Waals surface area contributed by atoms with Crippen LogP contribution >= 0.6 is 0 Å². The zero-order valence-electron chi connectivity index (χ0n) is 22.7. The van der Waals surface area contributed by atoms with Gasteiger partial charge in [-0.25, -0.2) is 4.79 Å². The van der Waals surface area contributed by atoms with Gasteiger partial charge in [-0.1, -0.05) is 0 Å². The van der Waals surface area contributed by atoms with E-state index in [2.05, 4.69) is 16.0 Å². The van der Waals surface area contributed by atoms with Gasteiger partial charge in [-0.05, 0) is 54.9 Å². The molecule has 0 aromatic carbocycles. The summed E-state index contributed by atoms with van der Waals surface area (Å²) < 4.78 is 10.3. The Morgan fingerprint density at radius 1 is 0.811 bits per heavy atom. The van der Waals surface area contributed by atoms with Gasteiger partial charge >= 0.3 is 11.9 Å². The van der Waals surface area contributed by atoms with Gasteiger partial charge in [0.15, 0.2) is 5.78 Å². The standard InChI is InChI=1S/C24H41N3O10/c1-15(28)14-37-13-12-36-11-10-25-20(33)24(6,7)27-17(29)9-8-16(18(30)31)26-19(32)22(2,3)23(4,5)21(34)35/h16H,8-14H2,1-7H3,(H,25,33)(H,26,32)(H,27,29)(H,30,31)(H,34,35)/t16-/m0/s1. The van der Waals surface area contributed by atoms with Gasteiger partial charge in [0, 0.05) is 13.0 Å². The Labute approximate surface area is 217 Å². The fourth-order valence-electron chi connectivity index (χ4n) is 2.78. The molecule has 0 aliphatic rings. The SMILES string of the molecule is CC(=O)COCCOCCNC(=O)C(C)(C)NC(=O)CC[C@H](NC(=O)C(C)(C)C(C)(C)C(=O)O)C(=O)O. The number of Topliss-reactive ketones (excluding diaryl/α,β-unsaturated/α-hetero) is 1. The molecular weight excluding hydrogens is 490 g/mol. The van der Waals surface area contributed by atoms with E-state index in [1.165, 1.54) is 48.5 Å². The summed E-state index contributed by atoms with van der Waals surface area (Å²) in [5.74, 6) is -4.57. The van der Waals surface area contributed by atoms with Crippen LogP contribution in [0.3, 0.4) is 0 Å². The van der Waals surface area contributed by atoms with E-state index in [0.29, 0.717) is 0 Å². The van der Waals surface area contributed by atoms with E-state index >= 15 is 0 Å². The fourth-order valence-corrected chi connectivity index (χ4v) is 2.78. The molecule has 0 radical (unpaired) electrons. The van der Waals surface area contributed by atoms with Crippen LogP contribution in [0, 0.1) is 10.8 Å². The molecule has 212 valence electrons. The predicted molar refractivity (Wildman–Crippen MR) is 132 cm³/mol. The number of carboxylic acids is 2. The molecule has 0 aromatic heterocycles. The average Bonchev–Trinajstić information content (AvgIpc) is 2.76. The molecule has 0 saturated heterocycles. The van der Waals surface area contributed by atoms with Gasteiger partial charge in [-0.3, -0.25) is 24.0 Å². The third-order valence-electron chi connectivity index (χ3n) is 6.16. The summed E-state index contributed by atoms with van der Waals surface area (Å²) in [4.78, 5) is 71.5. The Morgan fingerprint density at radius 3 is 1.89 bits per heavy atom. The number of hydrogen-bond donors (Lipinski definition) is 5. The Bertz CT molecular complexity index is 852. The third kappa shape index (κ3) is 11.3. The maximum Gasteiger partial charge on any atom is 0.326 e. The van der Waals surface area contributed by atoms with Crippen molar-refractivity contribution in [3.8, 4) is 0 Å². The van der Waals surface area contributed by atoms with E-state index in [1.54, 1.807) is 0 Å². The van der Waals surface area contributed by atoms with Crippen LogP contribution in [0.25, 0.3) is 0 Å². The van der Waals surface area contributed by atoms with Crippen molar-refractivity contribution < 1.29 is 48.5 Å². The van der Waals surface area contributed by atoms with Gasteiger partial charge < -0.3 is 35.6 Å². The molecular formula is C24H41N3O10. The van der Waals surface area contributed by atoms with Crippen molar-refractivity contribution in [2.24, 2.45) is 10.8 Å². The smallest absolute Gasteiger partial charge is 0.326 e. The summed E-state index contributed by atoms with van der Waals surface area (Å²) in [5, 5.41) is 26.4. The molecule has 0 unspecified atom stereocenters. The number of ketones is 1. The van der Waals surface area contributed by atoms with Crippen LogP contribution < -0.4 is 16.0 Å². The molecule has 0 aliphatic carbocycles. The summed E-state index contributed by atoms with van der Waals surface area (Å²) in [6, 6.07) is -1.43. The minimum Gasteiger partial charge on any atom is -0.481 e. The van der Waals surface area contributed by atoms with Gasteiger partial charge in [-0.15, -0.1) is 0 Å². The van der Waals surface area contributed by atoms with E-state index in [-0.39, 0.29) is 51.6 Å². The molecule has 1 atom stereocenters. The van der Waals surface area contributed by atoms with Crippen LogP contribution in [0.1, 0.15) is 61.3 Å². The van der Waals surface area contributed by atoms with Crippen LogP contribution in [0.2, 0.25) is 0 Å². The lowest BCUT2D eigenvalue weighted by atomic mass is 9.67. The van der Waals surface area contributed by atoms with E-state index < -0.39 is 52.1 Å². The highest BCUT2D eigenvalue weighted by atomic mass is 16.5. The third-order valence-corrected chi connectivity index (χ3v) is 6.16. The highest BCUT2D eigenvalue weighted by Crippen LogP contribution is 2.39. The number of carbonyl (C=O) groups is 6. The quantitative estimate of drug-likeness (QED) is 0.151. The largest absolute Gasteiger partial charge is 0.481 e. The van der Waals surface area contributed by atoms with Crippen molar-refractivity contribution in [2.75, 3.05) is 33.0 Å². The second-order valence-electron chi connectivity index (χ2n) is 10.3. The molecule has 13 nitrogen and oxygen atoms in total. The zero-order chi connectivity index (χ0) is 29.0. The predicted octanol–water partition coefficient (Wildman–Crippen LogP) is 0.106. The first kappa shape index (κ1) is 33.9. The second kappa shape index (κ2) is 14.6. The molecule has 0 rings (SSSR count). The zero-order valence-corrected chi connectivity index (χ0v) is 22.7. The van der Waals surface area contributed by atoms with Crippen molar-refractivity contribution in [1.82, 2.24) is 16.0 Å². The van der Waals surface area contributed by atoms with E-state index in [0.717, 1.165) is 0 Å². The Morgan fingerprint density at radius 2 is 1.38 bits per heavy atom. The summed E-state index contributed by atoms with van der Waals surface area (Å²) in [5.41, 5.74) is -4.24. The summed E-state index contributed by atoms with van der Waals surface area (Å²) >= 11 is 0. The molecule has 0 spiro atoms. The van der Waals surface area contributed by atoms with Gasteiger partial charge in [0.05, 0.1) is 30.7 Å². The van der Waals surface area contributed by atoms with E-state index in [4.69, 9.17) is 9.47 Å². The molecule has 3 amide bonds. The highest BCUT2D eigenvalue weighted by molar-refractivity contribution is 5.93. The minimum atomic E-state index is -1.48. The molecule has 5 N–H and O–H groups in total. The molecule has 0 aliphatic heterocycles.